The molecule has 6 heteroatoms. The third kappa shape index (κ3) is 22.1. The van der Waals surface area contributed by atoms with Gasteiger partial charge in [0.2, 0.25) is 0 Å². The van der Waals surface area contributed by atoms with Gasteiger partial charge in [0.15, 0.2) is 0 Å². The molecule has 0 aliphatic rings. The molecule has 0 saturated carbocycles. The minimum absolute atomic E-state index is 0. The summed E-state index contributed by atoms with van der Waals surface area (Å²) in [6.07, 6.45) is 20.7. The number of aliphatic hydroxyl groups excluding tert-OH is 1. The smallest absolute Gasteiger partial charge is 0.748 e. The van der Waals surface area contributed by atoms with Crippen LogP contribution in [-0.4, -0.2) is 29.4 Å². The molecule has 0 aliphatic heterocycles. The molecular formula is C24H49NaO4S. The fourth-order valence-corrected chi connectivity index (χ4v) is 4.89. The van der Waals surface area contributed by atoms with Crippen LogP contribution in [0.2, 0.25) is 0 Å². The van der Waals surface area contributed by atoms with Crippen LogP contribution < -0.4 is 29.6 Å². The van der Waals surface area contributed by atoms with Gasteiger partial charge in [-0.2, -0.15) is 0 Å². The molecule has 176 valence electrons. The summed E-state index contributed by atoms with van der Waals surface area (Å²) in [5, 5.41) is 9.11. The van der Waals surface area contributed by atoms with Gasteiger partial charge in [-0.1, -0.05) is 117 Å². The van der Waals surface area contributed by atoms with Crippen LogP contribution in [0.25, 0.3) is 0 Å². The molecule has 0 radical (unpaired) electrons. The topological polar surface area (TPSA) is 77.4 Å². The maximum atomic E-state index is 11.5. The Labute approximate surface area is 210 Å². The van der Waals surface area contributed by atoms with E-state index in [2.05, 4.69) is 13.8 Å². The zero-order valence-electron chi connectivity index (χ0n) is 20.4. The van der Waals surface area contributed by atoms with Crippen molar-refractivity contribution in [3.8, 4) is 0 Å². The van der Waals surface area contributed by atoms with Crippen LogP contribution >= 0.6 is 0 Å². The second-order valence-electron chi connectivity index (χ2n) is 8.87. The molecule has 0 spiro atoms. The van der Waals surface area contributed by atoms with Crippen molar-refractivity contribution in [1.29, 1.82) is 0 Å². The molecule has 1 N–H and O–H groups in total. The van der Waals surface area contributed by atoms with Gasteiger partial charge in [0.1, 0.15) is 0 Å². The predicted octanol–water partition coefficient (Wildman–Crippen LogP) is 4.11. The maximum Gasteiger partial charge on any atom is 1.00 e. The maximum absolute atomic E-state index is 11.5. The number of hydrogen-bond donors (Lipinski definition) is 1. The molecule has 2 atom stereocenters. The summed E-state index contributed by atoms with van der Waals surface area (Å²) in [4.78, 5) is 0. The van der Waals surface area contributed by atoms with Gasteiger partial charge < -0.3 is 9.66 Å². The van der Waals surface area contributed by atoms with Crippen molar-refractivity contribution < 1.29 is 47.6 Å². The van der Waals surface area contributed by atoms with E-state index < -0.39 is 15.4 Å². The van der Waals surface area contributed by atoms with E-state index in [1.54, 1.807) is 0 Å². The zero-order valence-corrected chi connectivity index (χ0v) is 23.2. The molecular weight excluding hydrogens is 407 g/mol. The monoisotopic (exact) mass is 456 g/mol. The van der Waals surface area contributed by atoms with Crippen molar-refractivity contribution in [2.45, 2.75) is 154 Å². The largest absolute Gasteiger partial charge is 1.00 e. The van der Waals surface area contributed by atoms with E-state index in [4.69, 9.17) is 0 Å². The van der Waals surface area contributed by atoms with Gasteiger partial charge in [-0.3, -0.25) is 0 Å². The Morgan fingerprint density at radius 2 is 0.933 bits per heavy atom. The fraction of sp³-hybridized carbons (Fsp3) is 1.00. The Morgan fingerprint density at radius 1 is 0.600 bits per heavy atom. The van der Waals surface area contributed by atoms with Crippen LogP contribution in [0.1, 0.15) is 142 Å². The van der Waals surface area contributed by atoms with Crippen LogP contribution in [0, 0.1) is 0 Å². The van der Waals surface area contributed by atoms with Crippen LogP contribution in [0.15, 0.2) is 0 Å². The van der Waals surface area contributed by atoms with Crippen molar-refractivity contribution in [3.63, 3.8) is 0 Å². The zero-order chi connectivity index (χ0) is 21.8. The Hall–Kier alpha value is 0.870. The Kier molecular flexibility index (Phi) is 25.4. The number of hydrogen-bond acceptors (Lipinski definition) is 4. The normalized spacial score (nSPS) is 13.7. The van der Waals surface area contributed by atoms with E-state index >= 15 is 0 Å². The van der Waals surface area contributed by atoms with E-state index in [1.165, 1.54) is 57.8 Å². The summed E-state index contributed by atoms with van der Waals surface area (Å²) in [5.41, 5.74) is 0. The third-order valence-corrected chi connectivity index (χ3v) is 7.28. The van der Waals surface area contributed by atoms with Gasteiger partial charge in [-0.15, -0.1) is 0 Å². The average Bonchev–Trinajstić information content (AvgIpc) is 2.67. The first-order valence-corrected chi connectivity index (χ1v) is 14.0. The summed E-state index contributed by atoms with van der Waals surface area (Å²) in [5.74, 6) is 0. The summed E-state index contributed by atoms with van der Waals surface area (Å²) in [6.45, 7) is 4.35. The van der Waals surface area contributed by atoms with Crippen molar-refractivity contribution in [1.82, 2.24) is 0 Å². The molecule has 0 aromatic rings. The second-order valence-corrected chi connectivity index (χ2v) is 10.5. The molecule has 0 heterocycles. The quantitative estimate of drug-likeness (QED) is 0.151. The van der Waals surface area contributed by atoms with Gasteiger partial charge in [-0.05, 0) is 25.7 Å². The third-order valence-electron chi connectivity index (χ3n) is 5.99. The molecule has 0 aliphatic carbocycles. The summed E-state index contributed by atoms with van der Waals surface area (Å²) < 4.78 is 34.6. The summed E-state index contributed by atoms with van der Waals surface area (Å²) in [7, 11) is -4.21. The van der Waals surface area contributed by atoms with E-state index in [0.717, 1.165) is 44.9 Å². The van der Waals surface area contributed by atoms with Gasteiger partial charge in [-0.25, -0.2) is 8.42 Å². The molecule has 2 unspecified atom stereocenters. The standard InChI is InChI=1S/C24H50O4S.Na/c1-3-5-7-8-9-10-11-12-13-14-15-16-21-24(29(26,27)28)22-18-17-20-23(25)19-6-4-2;/h23-25H,3-22H2,1-2H3,(H,26,27,28);/q;+1/p-1. The van der Waals surface area contributed by atoms with Crippen LogP contribution in [0.5, 0.6) is 0 Å². The van der Waals surface area contributed by atoms with Crippen molar-refractivity contribution in [2.24, 2.45) is 0 Å². The minimum Gasteiger partial charge on any atom is -0.748 e. The molecule has 0 saturated heterocycles. The fourth-order valence-electron chi connectivity index (χ4n) is 3.98. The SMILES string of the molecule is CCCCCCCCCCCCCCC(CCCCC(O)CCCC)S(=O)(=O)[O-].[Na+]. The molecule has 4 nitrogen and oxygen atoms in total. The molecule has 0 bridgehead atoms. The van der Waals surface area contributed by atoms with E-state index in [-0.39, 0.29) is 35.7 Å². The Balaban J connectivity index is 0. The van der Waals surface area contributed by atoms with Gasteiger partial charge in [0.25, 0.3) is 0 Å². The first-order chi connectivity index (χ1) is 13.9. The summed E-state index contributed by atoms with van der Waals surface area (Å²) >= 11 is 0. The van der Waals surface area contributed by atoms with E-state index in [1.807, 2.05) is 0 Å². The van der Waals surface area contributed by atoms with Crippen molar-refractivity contribution in [3.05, 3.63) is 0 Å². The molecule has 0 rings (SSSR count). The first-order valence-electron chi connectivity index (χ1n) is 12.5. The number of aliphatic hydroxyl groups is 1. The van der Waals surface area contributed by atoms with Gasteiger partial charge in [0, 0.05) is 5.25 Å². The summed E-state index contributed by atoms with van der Waals surface area (Å²) in [6, 6.07) is 0. The number of rotatable bonds is 22. The van der Waals surface area contributed by atoms with Crippen molar-refractivity contribution in [2.75, 3.05) is 0 Å². The second kappa shape index (κ2) is 23.0. The molecule has 0 aromatic heterocycles. The Bertz CT molecular complexity index is 442. The Morgan fingerprint density at radius 3 is 1.37 bits per heavy atom. The molecule has 0 amide bonds. The van der Waals surface area contributed by atoms with Crippen LogP contribution in [0.4, 0.5) is 0 Å². The predicted molar refractivity (Wildman–Crippen MR) is 123 cm³/mol. The molecule has 30 heavy (non-hydrogen) atoms. The van der Waals surface area contributed by atoms with E-state index in [0.29, 0.717) is 25.7 Å². The van der Waals surface area contributed by atoms with E-state index in [9.17, 15) is 18.1 Å². The van der Waals surface area contributed by atoms with Gasteiger partial charge >= 0.3 is 29.6 Å². The van der Waals surface area contributed by atoms with Crippen molar-refractivity contribution >= 4 is 10.1 Å². The molecule has 0 fully saturated rings. The first kappa shape index (κ1) is 33.0. The average molecular weight is 457 g/mol. The molecule has 0 aromatic carbocycles. The minimum atomic E-state index is -4.21. The van der Waals surface area contributed by atoms with Crippen LogP contribution in [0.3, 0.4) is 0 Å². The number of unbranched alkanes of at least 4 members (excludes halogenated alkanes) is 13. The van der Waals surface area contributed by atoms with Gasteiger partial charge in [0.05, 0.1) is 16.2 Å². The van der Waals surface area contributed by atoms with Crippen LogP contribution in [-0.2, 0) is 10.1 Å².